The molecule has 0 aromatic heterocycles. The first-order chi connectivity index (χ1) is 23.8. The predicted octanol–water partition coefficient (Wildman–Crippen LogP) is 1.06. The van der Waals surface area contributed by atoms with Crippen LogP contribution in [0.25, 0.3) is 0 Å². The second-order valence-corrected chi connectivity index (χ2v) is 12.0. The molecule has 3 atom stereocenters. The van der Waals surface area contributed by atoms with Gasteiger partial charge in [0.05, 0.1) is 0 Å². The molecule has 18 nitrogen and oxygen atoms in total. The molecule has 11 N–H and O–H groups in total. The van der Waals surface area contributed by atoms with Crippen molar-refractivity contribution in [3.05, 3.63) is 0 Å². The maximum Gasteiger partial charge on any atom is 0.326 e. The third-order valence-electron chi connectivity index (χ3n) is 7.64. The van der Waals surface area contributed by atoms with Gasteiger partial charge in [0.25, 0.3) is 0 Å². The Bertz CT molecular complexity index is 1090. The number of carboxylic acid groups (broad SMARTS) is 4. The van der Waals surface area contributed by atoms with Gasteiger partial charge in [0.2, 0.25) is 17.7 Å². The van der Waals surface area contributed by atoms with E-state index in [4.69, 9.17) is 15.9 Å². The van der Waals surface area contributed by atoms with Crippen LogP contribution in [0.15, 0.2) is 0 Å². The Labute approximate surface area is 292 Å². The normalized spacial score (nSPS) is 12.5. The average molecular weight is 717 g/mol. The number of nitrogens with one attached hydrogen (secondary N) is 5. The number of amides is 5. The zero-order valence-corrected chi connectivity index (χ0v) is 28.7. The van der Waals surface area contributed by atoms with E-state index >= 15 is 0 Å². The van der Waals surface area contributed by atoms with Crippen LogP contribution < -0.4 is 32.3 Å². The van der Waals surface area contributed by atoms with Crippen LogP contribution in [0.5, 0.6) is 0 Å². The van der Waals surface area contributed by atoms with Gasteiger partial charge < -0.3 is 52.7 Å². The molecule has 0 heterocycles. The third-order valence-corrected chi connectivity index (χ3v) is 7.64. The molecule has 0 aliphatic rings. The summed E-state index contributed by atoms with van der Waals surface area (Å²) in [4.78, 5) is 93.1. The summed E-state index contributed by atoms with van der Waals surface area (Å²) in [6.45, 7) is 1.33. The lowest BCUT2D eigenvalue weighted by molar-refractivity contribution is -0.142. The summed E-state index contributed by atoms with van der Waals surface area (Å²) in [7, 11) is 0. The van der Waals surface area contributed by atoms with E-state index in [1.807, 2.05) is 0 Å². The number of aliphatic carboxylic acids is 4. The average Bonchev–Trinajstić information content (AvgIpc) is 3.04. The molecule has 50 heavy (non-hydrogen) atoms. The van der Waals surface area contributed by atoms with E-state index in [1.54, 1.807) is 0 Å². The number of unbranched alkanes of at least 4 members (excludes halogenated alkanes) is 7. The molecule has 0 bridgehead atoms. The van der Waals surface area contributed by atoms with Crippen LogP contribution in [-0.4, -0.2) is 106 Å². The standard InChI is InChI=1S/C32H56N6O12/c33-19-9-3-6-15-26(40)35-20-10-7-12-22(29(44)45)36-27(41)16-5-2-1-4-14-25(39)34-21-11-8-13-23(30(46)47)37-32(50)38-24(31(48)49)17-18-28(42)43/h22-24H,1-21,33H2,(H,34,39)(H,35,40)(H,36,41)(H,42,43)(H,44,45)(H,46,47)(H,48,49)(H2,37,38,50). The van der Waals surface area contributed by atoms with Gasteiger partial charge in [-0.2, -0.15) is 0 Å². The van der Waals surface area contributed by atoms with E-state index in [0.29, 0.717) is 70.9 Å². The number of carbonyl (C=O) groups excluding carboxylic acids is 4. The maximum absolute atomic E-state index is 12.2. The predicted molar refractivity (Wildman–Crippen MR) is 180 cm³/mol. The topological polar surface area (TPSA) is 304 Å². The Kier molecular flexibility index (Phi) is 25.8. The first-order valence-corrected chi connectivity index (χ1v) is 17.3. The molecular formula is C32H56N6O12. The molecule has 0 spiro atoms. The van der Waals surface area contributed by atoms with Crippen molar-refractivity contribution in [1.82, 2.24) is 26.6 Å². The number of carbonyl (C=O) groups is 8. The Morgan fingerprint density at radius 2 is 0.840 bits per heavy atom. The van der Waals surface area contributed by atoms with Crippen molar-refractivity contribution in [3.8, 4) is 0 Å². The first-order valence-electron chi connectivity index (χ1n) is 17.3. The van der Waals surface area contributed by atoms with Crippen molar-refractivity contribution in [2.24, 2.45) is 5.73 Å². The molecule has 0 saturated heterocycles. The fourth-order valence-corrected chi connectivity index (χ4v) is 4.78. The molecule has 0 aromatic rings. The maximum atomic E-state index is 12.2. The second-order valence-electron chi connectivity index (χ2n) is 12.0. The number of urea groups is 1. The molecule has 0 aliphatic carbocycles. The van der Waals surface area contributed by atoms with Crippen molar-refractivity contribution in [3.63, 3.8) is 0 Å². The summed E-state index contributed by atoms with van der Waals surface area (Å²) < 4.78 is 0. The quantitative estimate of drug-likeness (QED) is 0.0450. The van der Waals surface area contributed by atoms with Gasteiger partial charge in [-0.05, 0) is 77.2 Å². The largest absolute Gasteiger partial charge is 0.481 e. The zero-order chi connectivity index (χ0) is 37.7. The fourth-order valence-electron chi connectivity index (χ4n) is 4.78. The molecule has 0 saturated carbocycles. The lowest BCUT2D eigenvalue weighted by atomic mass is 10.1. The summed E-state index contributed by atoms with van der Waals surface area (Å²) >= 11 is 0. The van der Waals surface area contributed by atoms with E-state index in [9.17, 15) is 48.6 Å². The molecule has 18 heteroatoms. The first kappa shape index (κ1) is 45.5. The smallest absolute Gasteiger partial charge is 0.326 e. The van der Waals surface area contributed by atoms with Crippen LogP contribution in [0.2, 0.25) is 0 Å². The summed E-state index contributed by atoms with van der Waals surface area (Å²) in [6, 6.07) is -4.87. The molecule has 286 valence electrons. The molecule has 0 rings (SSSR count). The van der Waals surface area contributed by atoms with Crippen molar-refractivity contribution in [1.29, 1.82) is 0 Å². The number of hydrogen-bond donors (Lipinski definition) is 10. The van der Waals surface area contributed by atoms with Crippen LogP contribution in [0.1, 0.15) is 116 Å². The van der Waals surface area contributed by atoms with E-state index in [2.05, 4.69) is 26.6 Å². The van der Waals surface area contributed by atoms with Gasteiger partial charge >= 0.3 is 29.9 Å². The Balaban J connectivity index is 4.08. The Morgan fingerprint density at radius 3 is 1.26 bits per heavy atom. The molecule has 5 amide bonds. The van der Waals surface area contributed by atoms with Gasteiger partial charge in [0.1, 0.15) is 18.1 Å². The van der Waals surface area contributed by atoms with Crippen LogP contribution in [0, 0.1) is 0 Å². The summed E-state index contributed by atoms with van der Waals surface area (Å²) in [5, 5.41) is 48.9. The Morgan fingerprint density at radius 1 is 0.440 bits per heavy atom. The molecular weight excluding hydrogens is 660 g/mol. The second kappa shape index (κ2) is 28.4. The van der Waals surface area contributed by atoms with Gasteiger partial charge in [-0.25, -0.2) is 19.2 Å². The van der Waals surface area contributed by atoms with E-state index in [-0.39, 0.29) is 56.4 Å². The molecule has 0 radical (unpaired) electrons. The van der Waals surface area contributed by atoms with E-state index < -0.39 is 54.5 Å². The van der Waals surface area contributed by atoms with Crippen LogP contribution in [0.4, 0.5) is 4.79 Å². The summed E-state index contributed by atoms with van der Waals surface area (Å²) in [5.41, 5.74) is 5.43. The van der Waals surface area contributed by atoms with Crippen LogP contribution in [0.3, 0.4) is 0 Å². The molecule has 3 unspecified atom stereocenters. The lowest BCUT2D eigenvalue weighted by Gasteiger charge is -2.18. The highest BCUT2D eigenvalue weighted by Crippen LogP contribution is 2.08. The minimum atomic E-state index is -1.50. The highest BCUT2D eigenvalue weighted by Gasteiger charge is 2.25. The van der Waals surface area contributed by atoms with E-state index in [0.717, 1.165) is 19.3 Å². The van der Waals surface area contributed by atoms with Gasteiger partial charge in [-0.1, -0.05) is 19.3 Å². The van der Waals surface area contributed by atoms with Crippen molar-refractivity contribution >= 4 is 47.6 Å². The minimum Gasteiger partial charge on any atom is -0.481 e. The highest BCUT2D eigenvalue weighted by atomic mass is 16.4. The van der Waals surface area contributed by atoms with Gasteiger partial charge in [0, 0.05) is 38.8 Å². The monoisotopic (exact) mass is 716 g/mol. The summed E-state index contributed by atoms with van der Waals surface area (Å²) in [6.07, 6.45) is 7.19. The SMILES string of the molecule is NCCCCCC(=O)NCCCCC(NC(=O)CCCCCCC(=O)NCCCCC(NC(=O)NC(CCC(=O)O)C(=O)O)C(=O)O)C(=O)O. The van der Waals surface area contributed by atoms with Crippen molar-refractivity contribution in [2.45, 2.75) is 134 Å². The van der Waals surface area contributed by atoms with Gasteiger partial charge in [-0.3, -0.25) is 19.2 Å². The number of carboxylic acids is 4. The van der Waals surface area contributed by atoms with Gasteiger partial charge in [-0.15, -0.1) is 0 Å². The van der Waals surface area contributed by atoms with Crippen molar-refractivity contribution < 1.29 is 58.8 Å². The molecule has 0 aliphatic heterocycles. The minimum absolute atomic E-state index is 0.0163. The van der Waals surface area contributed by atoms with E-state index in [1.165, 1.54) is 0 Å². The highest BCUT2D eigenvalue weighted by molar-refractivity contribution is 5.86. The number of nitrogens with two attached hydrogens (primary N) is 1. The van der Waals surface area contributed by atoms with Crippen molar-refractivity contribution in [2.75, 3.05) is 19.6 Å². The van der Waals surface area contributed by atoms with Crippen LogP contribution in [-0.2, 0) is 33.6 Å². The third kappa shape index (κ3) is 25.5. The fraction of sp³-hybridized carbons (Fsp3) is 0.750. The summed E-state index contributed by atoms with van der Waals surface area (Å²) in [5.74, 6) is -5.74. The zero-order valence-electron chi connectivity index (χ0n) is 28.7. The number of rotatable bonds is 31. The molecule has 0 aromatic carbocycles. The molecule has 0 fully saturated rings. The van der Waals surface area contributed by atoms with Gasteiger partial charge in [0.15, 0.2) is 0 Å². The number of hydrogen-bond acceptors (Lipinski definition) is 9. The Hall–Kier alpha value is -4.48. The lowest BCUT2D eigenvalue weighted by Crippen LogP contribution is -2.51. The van der Waals surface area contributed by atoms with Crippen LogP contribution >= 0.6 is 0 Å².